The summed E-state index contributed by atoms with van der Waals surface area (Å²) in [5.74, 6) is 1.71. The Hall–Kier alpha value is -1.72. The highest BCUT2D eigenvalue weighted by Crippen LogP contribution is 2.66. The molecule has 186 valence electrons. The lowest BCUT2D eigenvalue weighted by molar-refractivity contribution is -0.154. The van der Waals surface area contributed by atoms with E-state index in [0.29, 0.717) is 35.7 Å². The third-order valence-electron chi connectivity index (χ3n) is 10.7. The van der Waals surface area contributed by atoms with Crippen molar-refractivity contribution >= 4 is 11.8 Å². The zero-order valence-corrected chi connectivity index (χ0v) is 21.1. The molecule has 0 saturated heterocycles. The van der Waals surface area contributed by atoms with Gasteiger partial charge in [-0.2, -0.15) is 0 Å². The van der Waals surface area contributed by atoms with Crippen LogP contribution in [0.4, 0.5) is 0 Å². The third-order valence-corrected chi connectivity index (χ3v) is 10.7. The quantitative estimate of drug-likeness (QED) is 0.464. The average Bonchev–Trinajstić information content (AvgIpc) is 3.15. The number of hydrogen-bond donors (Lipinski definition) is 1. The minimum atomic E-state index is -0.341. The fourth-order valence-corrected chi connectivity index (χ4v) is 8.83. The molecule has 1 aliphatic heterocycles. The van der Waals surface area contributed by atoms with E-state index in [1.807, 2.05) is 19.1 Å². The van der Waals surface area contributed by atoms with E-state index in [1.54, 1.807) is 7.11 Å². The van der Waals surface area contributed by atoms with Crippen LogP contribution in [-0.2, 0) is 19.1 Å². The summed E-state index contributed by atoms with van der Waals surface area (Å²) in [5.41, 5.74) is 2.73. The summed E-state index contributed by atoms with van der Waals surface area (Å²) in [7, 11) is 1.59. The molecule has 5 rings (SSSR count). The van der Waals surface area contributed by atoms with Crippen LogP contribution in [0.25, 0.3) is 0 Å². The molecule has 2 fully saturated rings. The van der Waals surface area contributed by atoms with Gasteiger partial charge in [-0.15, -0.1) is 0 Å². The molecule has 0 aromatic rings. The molecule has 5 nitrogen and oxygen atoms in total. The third kappa shape index (κ3) is 3.41. The van der Waals surface area contributed by atoms with Gasteiger partial charge in [-0.3, -0.25) is 4.79 Å². The van der Waals surface area contributed by atoms with Gasteiger partial charge in [-0.1, -0.05) is 30.2 Å². The monoisotopic (exact) mass is 468 g/mol. The van der Waals surface area contributed by atoms with Crippen molar-refractivity contribution in [2.75, 3.05) is 20.3 Å². The Morgan fingerprint density at radius 3 is 2.71 bits per heavy atom. The Labute approximate surface area is 203 Å². The molecule has 4 aliphatic carbocycles. The molecule has 0 radical (unpaired) electrons. The van der Waals surface area contributed by atoms with E-state index < -0.39 is 0 Å². The predicted octanol–water partition coefficient (Wildman–Crippen LogP) is 4.80. The molecule has 8 unspecified atom stereocenters. The SMILES string of the molecule is COCC1=C(C)CC(C(CO)C2CCC3C4CC=C5CC=CC(=O)C5(C)C4CCC23C)OC1=O. The van der Waals surface area contributed by atoms with Gasteiger partial charge in [0.15, 0.2) is 5.78 Å². The van der Waals surface area contributed by atoms with Crippen LogP contribution >= 0.6 is 0 Å². The summed E-state index contributed by atoms with van der Waals surface area (Å²) in [6, 6.07) is 0. The Morgan fingerprint density at radius 1 is 1.21 bits per heavy atom. The number of rotatable bonds is 5. The number of aliphatic hydroxyl groups excluding tert-OH is 1. The molecule has 5 aliphatic rings. The van der Waals surface area contributed by atoms with Crippen molar-refractivity contribution in [3.05, 3.63) is 34.9 Å². The van der Waals surface area contributed by atoms with Gasteiger partial charge in [-0.05, 0) is 87.5 Å². The molecular weight excluding hydrogens is 428 g/mol. The van der Waals surface area contributed by atoms with Gasteiger partial charge in [0.2, 0.25) is 0 Å². The number of hydrogen-bond acceptors (Lipinski definition) is 5. The van der Waals surface area contributed by atoms with E-state index >= 15 is 0 Å². The van der Waals surface area contributed by atoms with Crippen LogP contribution < -0.4 is 0 Å². The average molecular weight is 469 g/mol. The molecule has 0 bridgehead atoms. The van der Waals surface area contributed by atoms with Crippen molar-refractivity contribution in [2.45, 2.75) is 71.8 Å². The van der Waals surface area contributed by atoms with Crippen LogP contribution in [0.2, 0.25) is 0 Å². The number of carbonyl (C=O) groups excluding carboxylic acids is 2. The highest BCUT2D eigenvalue weighted by Gasteiger charge is 2.61. The Kier molecular flexibility index (Phi) is 6.17. The molecule has 2 saturated carbocycles. The molecule has 34 heavy (non-hydrogen) atoms. The minimum absolute atomic E-state index is 0.0386. The summed E-state index contributed by atoms with van der Waals surface area (Å²) in [4.78, 5) is 25.8. The number of esters is 1. The standard InChI is InChI=1S/C29H40O5/c1-17-14-25(34-27(32)21(17)16-33-4)20(15-30)23-11-10-22-19-9-8-18-6-5-7-26(31)29(18,3)24(19)12-13-28(22,23)2/h5,7-8,19-20,22-25,30H,6,9-16H2,1-4H3. The van der Waals surface area contributed by atoms with Crippen LogP contribution in [0, 0.1) is 40.4 Å². The van der Waals surface area contributed by atoms with Gasteiger partial charge < -0.3 is 14.6 Å². The van der Waals surface area contributed by atoms with E-state index in [1.165, 1.54) is 5.57 Å². The zero-order valence-electron chi connectivity index (χ0n) is 21.1. The van der Waals surface area contributed by atoms with Crippen molar-refractivity contribution < 1.29 is 24.2 Å². The maximum absolute atomic E-state index is 13.1. The fourth-order valence-electron chi connectivity index (χ4n) is 8.83. The number of carbonyl (C=O) groups is 2. The first kappa shape index (κ1) is 24.0. The maximum Gasteiger partial charge on any atom is 0.336 e. The van der Waals surface area contributed by atoms with Crippen molar-refractivity contribution in [3.63, 3.8) is 0 Å². The fraction of sp³-hybridized carbons (Fsp3) is 0.724. The van der Waals surface area contributed by atoms with E-state index in [0.717, 1.165) is 44.1 Å². The molecular formula is C29H40O5. The zero-order chi connectivity index (χ0) is 24.3. The van der Waals surface area contributed by atoms with Crippen molar-refractivity contribution in [2.24, 2.45) is 40.4 Å². The van der Waals surface area contributed by atoms with Crippen LogP contribution in [0.3, 0.4) is 0 Å². The molecule has 0 amide bonds. The van der Waals surface area contributed by atoms with Gasteiger partial charge in [-0.25, -0.2) is 4.79 Å². The number of aliphatic hydroxyl groups is 1. The first-order valence-corrected chi connectivity index (χ1v) is 13.2. The van der Waals surface area contributed by atoms with Crippen molar-refractivity contribution in [1.29, 1.82) is 0 Å². The normalized spacial score (nSPS) is 42.5. The maximum atomic E-state index is 13.1. The highest BCUT2D eigenvalue weighted by molar-refractivity contribution is 5.98. The summed E-state index contributed by atoms with van der Waals surface area (Å²) < 4.78 is 11.1. The van der Waals surface area contributed by atoms with Gasteiger partial charge in [0.05, 0.1) is 17.6 Å². The second-order valence-electron chi connectivity index (χ2n) is 11.9. The number of ether oxygens (including phenoxy) is 2. The predicted molar refractivity (Wildman–Crippen MR) is 130 cm³/mol. The van der Waals surface area contributed by atoms with Crippen LogP contribution in [0.5, 0.6) is 0 Å². The highest BCUT2D eigenvalue weighted by atomic mass is 16.5. The molecule has 1 heterocycles. The van der Waals surface area contributed by atoms with Crippen LogP contribution in [0.1, 0.15) is 65.7 Å². The number of methoxy groups -OCH3 is 1. The molecule has 0 aromatic heterocycles. The number of ketones is 1. The second-order valence-corrected chi connectivity index (χ2v) is 11.9. The van der Waals surface area contributed by atoms with Gasteiger partial charge >= 0.3 is 5.97 Å². The van der Waals surface area contributed by atoms with E-state index in [-0.39, 0.29) is 47.8 Å². The summed E-state index contributed by atoms with van der Waals surface area (Å²) >= 11 is 0. The lowest BCUT2D eigenvalue weighted by atomic mass is 9.47. The molecule has 8 atom stereocenters. The Morgan fingerprint density at radius 2 is 2.00 bits per heavy atom. The Bertz CT molecular complexity index is 960. The topological polar surface area (TPSA) is 72.8 Å². The van der Waals surface area contributed by atoms with Gasteiger partial charge in [0.1, 0.15) is 6.10 Å². The first-order chi connectivity index (χ1) is 16.3. The lowest BCUT2D eigenvalue weighted by Crippen LogP contribution is -2.53. The van der Waals surface area contributed by atoms with Crippen LogP contribution in [-0.4, -0.2) is 43.3 Å². The Balaban J connectivity index is 1.40. The minimum Gasteiger partial charge on any atom is -0.458 e. The van der Waals surface area contributed by atoms with Gasteiger partial charge in [0.25, 0.3) is 0 Å². The first-order valence-electron chi connectivity index (χ1n) is 13.2. The molecule has 5 heteroatoms. The summed E-state index contributed by atoms with van der Waals surface area (Å²) in [6.07, 6.45) is 12.9. The van der Waals surface area contributed by atoms with Crippen molar-refractivity contribution in [3.8, 4) is 0 Å². The van der Waals surface area contributed by atoms with E-state index in [2.05, 4.69) is 19.9 Å². The van der Waals surface area contributed by atoms with Gasteiger partial charge in [0, 0.05) is 26.1 Å². The summed E-state index contributed by atoms with van der Waals surface area (Å²) in [5, 5.41) is 10.6. The number of allylic oxidation sites excluding steroid dienone is 4. The molecule has 0 spiro atoms. The molecule has 0 aromatic carbocycles. The number of fused-ring (bicyclic) bond motifs is 5. The lowest BCUT2D eigenvalue weighted by Gasteiger charge is -2.57. The molecule has 1 N–H and O–H groups in total. The van der Waals surface area contributed by atoms with Crippen LogP contribution in [0.15, 0.2) is 34.9 Å². The number of cyclic esters (lactones) is 1. The van der Waals surface area contributed by atoms with E-state index in [4.69, 9.17) is 9.47 Å². The summed E-state index contributed by atoms with van der Waals surface area (Å²) in [6.45, 7) is 6.92. The second kappa shape index (κ2) is 8.74. The van der Waals surface area contributed by atoms with E-state index in [9.17, 15) is 14.7 Å². The largest absolute Gasteiger partial charge is 0.458 e. The van der Waals surface area contributed by atoms with Crippen molar-refractivity contribution in [1.82, 2.24) is 0 Å². The smallest absolute Gasteiger partial charge is 0.336 e.